The molecule has 0 saturated heterocycles. The molecule has 0 aromatic heterocycles. The first-order valence-electron chi connectivity index (χ1n) is 4.67. The van der Waals surface area contributed by atoms with Gasteiger partial charge in [-0.25, -0.2) is 9.13 Å². The molecule has 0 fully saturated rings. The molecule has 0 aromatic rings. The maximum absolute atomic E-state index is 11.1. The summed E-state index contributed by atoms with van der Waals surface area (Å²) in [6, 6.07) is 0. The third kappa shape index (κ3) is 7.23. The molecule has 13 heteroatoms. The van der Waals surface area contributed by atoms with Crippen LogP contribution in [0.15, 0.2) is 0 Å². The Hall–Kier alpha value is -0.190. The van der Waals surface area contributed by atoms with Crippen LogP contribution in [-0.2, 0) is 22.8 Å². The number of rotatable bonds is 8. The lowest BCUT2D eigenvalue weighted by Crippen LogP contribution is -2.44. The van der Waals surface area contributed by atoms with Crippen LogP contribution in [0.25, 0.3) is 0 Å². The van der Waals surface area contributed by atoms with E-state index in [1.807, 2.05) is 0 Å². The van der Waals surface area contributed by atoms with E-state index in [1.54, 1.807) is 0 Å². The Morgan fingerprint density at radius 2 is 1.53 bits per heavy atom. The van der Waals surface area contributed by atoms with Crippen LogP contribution in [0.1, 0.15) is 6.92 Å². The summed E-state index contributed by atoms with van der Waals surface area (Å²) in [5.74, 6) is 0. The number of aldehydes is 1. The van der Waals surface area contributed by atoms with Gasteiger partial charge in [0.1, 0.15) is 12.2 Å². The van der Waals surface area contributed by atoms with Gasteiger partial charge in [0.2, 0.25) is 0 Å². The van der Waals surface area contributed by atoms with Gasteiger partial charge in [0, 0.05) is 0 Å². The third-order valence-corrected chi connectivity index (χ3v) is 3.97. The highest BCUT2D eigenvalue weighted by Gasteiger charge is 2.39. The molecule has 0 spiro atoms. The molecule has 0 amide bonds. The van der Waals surface area contributed by atoms with Crippen LogP contribution >= 0.6 is 15.6 Å². The van der Waals surface area contributed by atoms with Gasteiger partial charge in [-0.05, 0) is 6.92 Å². The van der Waals surface area contributed by atoms with E-state index >= 15 is 0 Å². The second-order valence-electron chi connectivity index (χ2n) is 3.47. The summed E-state index contributed by atoms with van der Waals surface area (Å²) in [6.45, 7) is 1.06. The van der Waals surface area contributed by atoms with Gasteiger partial charge in [-0.15, -0.1) is 0 Å². The van der Waals surface area contributed by atoms with Crippen LogP contribution < -0.4 is 0 Å². The molecular weight excluding hydrogens is 310 g/mol. The Morgan fingerprint density at radius 3 is 1.84 bits per heavy atom. The fraction of sp³-hybridized carbons (Fsp3) is 0.833. The number of aliphatic hydroxyl groups is 3. The van der Waals surface area contributed by atoms with Crippen molar-refractivity contribution in [1.29, 1.82) is 0 Å². The summed E-state index contributed by atoms with van der Waals surface area (Å²) in [6.07, 6.45) is -7.86. The molecule has 0 aromatic carbocycles. The number of hydrogen-bond donors (Lipinski definition) is 6. The lowest BCUT2D eigenvalue weighted by Gasteiger charge is -2.25. The van der Waals surface area contributed by atoms with Gasteiger partial charge in [0.05, 0.1) is 6.10 Å². The normalized spacial score (nSPS) is 22.1. The summed E-state index contributed by atoms with van der Waals surface area (Å²) in [5, 5.41) is 27.5. The zero-order valence-electron chi connectivity index (χ0n) is 9.51. The Balaban J connectivity index is 4.86. The van der Waals surface area contributed by atoms with Crippen molar-refractivity contribution < 1.29 is 52.8 Å². The minimum atomic E-state index is -5.37. The van der Waals surface area contributed by atoms with Crippen LogP contribution in [0, 0.1) is 0 Å². The maximum Gasteiger partial charge on any atom is 0.481 e. The smallest absolute Gasteiger partial charge is 0.391 e. The monoisotopic (exact) mass is 324 g/mol. The standard InChI is InChI=1S/C6H14O11P2/c1-3(8)5(9)6(10)4(2-7)16-19(14,15)17-18(11,12)13/h2-6,8-10H,1H3,(H,14,15)(H2,11,12,13)/t3-,4-,5+,6-/m0/s1. The third-order valence-electron chi connectivity index (χ3n) is 1.78. The van der Waals surface area contributed by atoms with Gasteiger partial charge in [-0.3, -0.25) is 4.52 Å². The molecular formula is C6H14O11P2. The Morgan fingerprint density at radius 1 is 1.05 bits per heavy atom. The zero-order chi connectivity index (χ0) is 15.4. The molecule has 11 nitrogen and oxygen atoms in total. The summed E-state index contributed by atoms with van der Waals surface area (Å²) in [5.41, 5.74) is 0. The first kappa shape index (κ1) is 18.8. The maximum atomic E-state index is 11.1. The minimum absolute atomic E-state index is 0.206. The Kier molecular flexibility index (Phi) is 6.93. The molecule has 0 heterocycles. The van der Waals surface area contributed by atoms with Gasteiger partial charge in [-0.1, -0.05) is 0 Å². The topological polar surface area (TPSA) is 191 Å². The van der Waals surface area contributed by atoms with Crippen LogP contribution in [0.5, 0.6) is 0 Å². The van der Waals surface area contributed by atoms with E-state index in [-0.39, 0.29) is 6.29 Å². The van der Waals surface area contributed by atoms with Gasteiger partial charge < -0.3 is 34.8 Å². The SMILES string of the molecule is C[C@H](O)[C@@H](O)[C@@H](O)[C@H](C=O)OP(=O)(O)OP(=O)(O)O. The molecule has 0 saturated carbocycles. The van der Waals surface area contributed by atoms with Crippen LogP contribution in [0.3, 0.4) is 0 Å². The quantitative estimate of drug-likeness (QED) is 0.211. The summed E-state index contributed by atoms with van der Waals surface area (Å²) in [4.78, 5) is 36.1. The van der Waals surface area contributed by atoms with Gasteiger partial charge >= 0.3 is 15.6 Å². The van der Waals surface area contributed by atoms with E-state index in [1.165, 1.54) is 0 Å². The summed E-state index contributed by atoms with van der Waals surface area (Å²) in [7, 11) is -10.7. The fourth-order valence-corrected chi connectivity index (χ4v) is 2.67. The van der Waals surface area contributed by atoms with Crippen LogP contribution in [-0.4, -0.2) is 60.7 Å². The average Bonchev–Trinajstić information content (AvgIpc) is 2.20. The molecule has 0 radical (unpaired) electrons. The van der Waals surface area contributed by atoms with E-state index in [0.717, 1.165) is 6.92 Å². The fourth-order valence-electron chi connectivity index (χ4n) is 0.955. The minimum Gasteiger partial charge on any atom is -0.391 e. The second kappa shape index (κ2) is 7.00. The molecule has 19 heavy (non-hydrogen) atoms. The van der Waals surface area contributed by atoms with Gasteiger partial charge in [-0.2, -0.15) is 4.31 Å². The number of hydrogen-bond acceptors (Lipinski definition) is 8. The number of phosphoric acid groups is 2. The van der Waals surface area contributed by atoms with Crippen molar-refractivity contribution in [2.75, 3.05) is 0 Å². The zero-order valence-corrected chi connectivity index (χ0v) is 11.3. The molecule has 1 unspecified atom stereocenters. The van der Waals surface area contributed by atoms with Crippen LogP contribution in [0.2, 0.25) is 0 Å². The number of carbonyl (C=O) groups excluding carboxylic acids is 1. The molecule has 6 N–H and O–H groups in total. The van der Waals surface area contributed by atoms with E-state index < -0.39 is 40.1 Å². The van der Waals surface area contributed by atoms with E-state index in [4.69, 9.17) is 19.8 Å². The first-order chi connectivity index (χ1) is 8.39. The Bertz CT molecular complexity index is 389. The molecule has 0 aliphatic carbocycles. The molecule has 0 rings (SSSR count). The van der Waals surface area contributed by atoms with Crippen molar-refractivity contribution in [3.05, 3.63) is 0 Å². The predicted molar refractivity (Wildman–Crippen MR) is 57.6 cm³/mol. The molecule has 5 atom stereocenters. The number of phosphoric ester groups is 1. The highest BCUT2D eigenvalue weighted by molar-refractivity contribution is 7.60. The summed E-state index contributed by atoms with van der Waals surface area (Å²) >= 11 is 0. The molecule has 0 bridgehead atoms. The average molecular weight is 324 g/mol. The van der Waals surface area contributed by atoms with Crippen molar-refractivity contribution in [1.82, 2.24) is 0 Å². The van der Waals surface area contributed by atoms with E-state index in [9.17, 15) is 24.1 Å². The molecule has 0 aliphatic rings. The second-order valence-corrected chi connectivity index (χ2v) is 6.25. The van der Waals surface area contributed by atoms with Crippen molar-refractivity contribution in [3.8, 4) is 0 Å². The van der Waals surface area contributed by atoms with Gasteiger partial charge in [0.15, 0.2) is 12.4 Å². The van der Waals surface area contributed by atoms with E-state index in [2.05, 4.69) is 8.83 Å². The molecule has 114 valence electrons. The Labute approximate surface area is 107 Å². The van der Waals surface area contributed by atoms with E-state index in [0.29, 0.717) is 0 Å². The van der Waals surface area contributed by atoms with Crippen molar-refractivity contribution in [3.63, 3.8) is 0 Å². The number of aliphatic hydroxyl groups excluding tert-OH is 3. The van der Waals surface area contributed by atoms with Crippen molar-refractivity contribution >= 4 is 21.9 Å². The van der Waals surface area contributed by atoms with Crippen LogP contribution in [0.4, 0.5) is 0 Å². The first-order valence-corrected chi connectivity index (χ1v) is 7.70. The number of carbonyl (C=O) groups is 1. The molecule has 0 aliphatic heterocycles. The van der Waals surface area contributed by atoms with Crippen molar-refractivity contribution in [2.45, 2.75) is 31.3 Å². The lowest BCUT2D eigenvalue weighted by molar-refractivity contribution is -0.131. The summed E-state index contributed by atoms with van der Waals surface area (Å²) < 4.78 is 28.8. The highest BCUT2D eigenvalue weighted by atomic mass is 31.3. The lowest BCUT2D eigenvalue weighted by atomic mass is 10.1. The van der Waals surface area contributed by atoms with Gasteiger partial charge in [0.25, 0.3) is 0 Å². The van der Waals surface area contributed by atoms with Crippen molar-refractivity contribution in [2.24, 2.45) is 0 Å². The predicted octanol–water partition coefficient (Wildman–Crippen LogP) is -2.12. The highest BCUT2D eigenvalue weighted by Crippen LogP contribution is 2.58. The largest absolute Gasteiger partial charge is 0.481 e.